The van der Waals surface area contributed by atoms with Gasteiger partial charge < -0.3 is 9.47 Å². The van der Waals surface area contributed by atoms with Crippen LogP contribution in [0.2, 0.25) is 5.15 Å². The number of methoxy groups -OCH3 is 2. The maximum Gasteiger partial charge on any atom is 0.295 e. The van der Waals surface area contributed by atoms with Gasteiger partial charge in [-0.15, -0.1) is 5.10 Å². The van der Waals surface area contributed by atoms with Crippen molar-refractivity contribution in [1.82, 2.24) is 15.2 Å². The largest absolute Gasteiger partial charge is 0.494 e. The maximum absolute atomic E-state index is 13.9. The van der Waals surface area contributed by atoms with Gasteiger partial charge in [0.25, 0.3) is 11.1 Å². The predicted molar refractivity (Wildman–Crippen MR) is 95.6 cm³/mol. The van der Waals surface area contributed by atoms with Crippen LogP contribution in [0.3, 0.4) is 0 Å². The summed E-state index contributed by atoms with van der Waals surface area (Å²) in [6, 6.07) is 5.28. The Morgan fingerprint density at radius 1 is 1.19 bits per heavy atom. The molecule has 0 aliphatic carbocycles. The highest BCUT2D eigenvalue weighted by atomic mass is 35.5. The van der Waals surface area contributed by atoms with Crippen molar-refractivity contribution in [3.8, 4) is 22.1 Å². The van der Waals surface area contributed by atoms with Crippen LogP contribution < -0.4 is 14.8 Å². The molecule has 7 nitrogen and oxygen atoms in total. The monoisotopic (exact) mass is 394 g/mol. The minimum atomic E-state index is -0.510. The topological polar surface area (TPSA) is 86.2 Å². The van der Waals surface area contributed by atoms with Crippen LogP contribution in [-0.4, -0.2) is 35.3 Å². The standard InChI is InChI=1S/C16H12ClFN4O3S/c1-24-12-7-19-13(17)6-11(12)10-5-8(18)3-4-9(10)14(23)20-15-21-22-16(25-2)26-15/h3-7H,1-2H3,(H,20,21,23). The lowest BCUT2D eigenvalue weighted by Gasteiger charge is -2.13. The van der Waals surface area contributed by atoms with Crippen LogP contribution in [0.25, 0.3) is 11.1 Å². The van der Waals surface area contributed by atoms with Crippen LogP contribution in [0.5, 0.6) is 10.9 Å². The molecular weight excluding hydrogens is 383 g/mol. The Labute approximate surface area is 156 Å². The van der Waals surface area contributed by atoms with Crippen molar-refractivity contribution in [3.05, 3.63) is 47.0 Å². The minimum Gasteiger partial charge on any atom is -0.494 e. The van der Waals surface area contributed by atoms with Gasteiger partial charge in [0.1, 0.15) is 16.7 Å². The molecule has 10 heteroatoms. The Morgan fingerprint density at radius 3 is 2.69 bits per heavy atom. The van der Waals surface area contributed by atoms with E-state index in [9.17, 15) is 9.18 Å². The van der Waals surface area contributed by atoms with E-state index in [1.54, 1.807) is 0 Å². The Balaban J connectivity index is 2.03. The summed E-state index contributed by atoms with van der Waals surface area (Å²) in [5.41, 5.74) is 0.952. The average Bonchev–Trinajstić information content (AvgIpc) is 3.09. The molecule has 2 heterocycles. The molecule has 0 radical (unpaired) electrons. The number of pyridine rings is 1. The zero-order chi connectivity index (χ0) is 18.7. The van der Waals surface area contributed by atoms with E-state index in [1.807, 2.05) is 0 Å². The second kappa shape index (κ2) is 7.63. The van der Waals surface area contributed by atoms with E-state index in [-0.39, 0.29) is 15.8 Å². The number of amides is 1. The first-order chi connectivity index (χ1) is 12.5. The minimum absolute atomic E-state index is 0.185. The second-order valence-electron chi connectivity index (χ2n) is 4.93. The van der Waals surface area contributed by atoms with Crippen LogP contribution in [0.4, 0.5) is 9.52 Å². The summed E-state index contributed by atoms with van der Waals surface area (Å²) in [6.45, 7) is 0. The van der Waals surface area contributed by atoms with Crippen molar-refractivity contribution in [1.29, 1.82) is 0 Å². The molecule has 0 saturated carbocycles. The summed E-state index contributed by atoms with van der Waals surface area (Å²) in [4.78, 5) is 16.6. The molecule has 134 valence electrons. The highest BCUT2D eigenvalue weighted by Gasteiger charge is 2.19. The molecule has 0 saturated heterocycles. The molecule has 0 atom stereocenters. The number of ether oxygens (including phenoxy) is 2. The van der Waals surface area contributed by atoms with Gasteiger partial charge >= 0.3 is 0 Å². The molecule has 0 spiro atoms. The highest BCUT2D eigenvalue weighted by molar-refractivity contribution is 7.17. The number of halogens is 2. The molecule has 3 aromatic rings. The number of nitrogens with one attached hydrogen (secondary N) is 1. The van der Waals surface area contributed by atoms with E-state index in [4.69, 9.17) is 21.1 Å². The highest BCUT2D eigenvalue weighted by Crippen LogP contribution is 2.34. The van der Waals surface area contributed by atoms with Gasteiger partial charge in [0.15, 0.2) is 0 Å². The van der Waals surface area contributed by atoms with Crippen molar-refractivity contribution in [3.63, 3.8) is 0 Å². The van der Waals surface area contributed by atoms with E-state index < -0.39 is 11.7 Å². The third kappa shape index (κ3) is 3.73. The number of carbonyl (C=O) groups is 1. The van der Waals surface area contributed by atoms with Crippen LogP contribution >= 0.6 is 22.9 Å². The fourth-order valence-corrected chi connectivity index (χ4v) is 2.95. The molecule has 0 unspecified atom stereocenters. The van der Waals surface area contributed by atoms with Crippen LogP contribution in [-0.2, 0) is 0 Å². The molecule has 0 fully saturated rings. The Hall–Kier alpha value is -2.78. The molecule has 0 aliphatic rings. The molecule has 26 heavy (non-hydrogen) atoms. The molecule has 2 aromatic heterocycles. The fraction of sp³-hybridized carbons (Fsp3) is 0.125. The van der Waals surface area contributed by atoms with Gasteiger partial charge in [-0.25, -0.2) is 9.37 Å². The third-order valence-corrected chi connectivity index (χ3v) is 4.38. The molecule has 1 amide bonds. The summed E-state index contributed by atoms with van der Waals surface area (Å²) in [5.74, 6) is -0.649. The van der Waals surface area contributed by atoms with Gasteiger partial charge in [-0.2, -0.15) is 0 Å². The van der Waals surface area contributed by atoms with E-state index in [1.165, 1.54) is 44.7 Å². The number of carbonyl (C=O) groups excluding carboxylic acids is 1. The summed E-state index contributed by atoms with van der Waals surface area (Å²) in [7, 11) is 2.89. The SMILES string of the molecule is COc1nnc(NC(=O)c2ccc(F)cc2-c2cc(Cl)ncc2OC)s1. The Kier molecular flexibility index (Phi) is 5.29. The van der Waals surface area contributed by atoms with E-state index in [0.29, 0.717) is 22.1 Å². The van der Waals surface area contributed by atoms with Crippen molar-refractivity contribution < 1.29 is 18.7 Å². The van der Waals surface area contributed by atoms with Gasteiger partial charge in [-0.3, -0.25) is 10.1 Å². The van der Waals surface area contributed by atoms with E-state index in [0.717, 1.165) is 11.3 Å². The zero-order valence-electron chi connectivity index (χ0n) is 13.6. The lowest BCUT2D eigenvalue weighted by molar-refractivity contribution is 0.102. The van der Waals surface area contributed by atoms with E-state index >= 15 is 0 Å². The smallest absolute Gasteiger partial charge is 0.295 e. The number of aromatic nitrogens is 3. The summed E-state index contributed by atoms with van der Waals surface area (Å²) < 4.78 is 24.0. The number of hydrogen-bond donors (Lipinski definition) is 1. The van der Waals surface area contributed by atoms with Gasteiger partial charge in [0.05, 0.1) is 20.4 Å². The van der Waals surface area contributed by atoms with Crippen LogP contribution in [0.1, 0.15) is 10.4 Å². The Morgan fingerprint density at radius 2 is 2.00 bits per heavy atom. The summed E-state index contributed by atoms with van der Waals surface area (Å²) >= 11 is 7.02. The first-order valence-corrected chi connectivity index (χ1v) is 8.39. The molecular formula is C16H12ClFN4O3S. The van der Waals surface area contributed by atoms with Crippen molar-refractivity contribution in [2.24, 2.45) is 0 Å². The van der Waals surface area contributed by atoms with Crippen molar-refractivity contribution in [2.75, 3.05) is 19.5 Å². The number of benzene rings is 1. The fourth-order valence-electron chi connectivity index (χ4n) is 2.24. The quantitative estimate of drug-likeness (QED) is 0.664. The van der Waals surface area contributed by atoms with Gasteiger partial charge in [-0.05, 0) is 35.6 Å². The van der Waals surface area contributed by atoms with Crippen LogP contribution in [0.15, 0.2) is 30.5 Å². The summed E-state index contributed by atoms with van der Waals surface area (Å²) in [6.07, 6.45) is 1.40. The number of nitrogens with zero attached hydrogens (tertiary/aromatic N) is 3. The van der Waals surface area contributed by atoms with Crippen molar-refractivity contribution in [2.45, 2.75) is 0 Å². The molecule has 0 aliphatic heterocycles. The molecule has 1 aromatic carbocycles. The third-order valence-electron chi connectivity index (χ3n) is 3.37. The number of hydrogen-bond acceptors (Lipinski definition) is 7. The predicted octanol–water partition coefficient (Wildman–Crippen LogP) is 3.66. The second-order valence-corrected chi connectivity index (χ2v) is 6.26. The van der Waals surface area contributed by atoms with E-state index in [2.05, 4.69) is 20.5 Å². The van der Waals surface area contributed by atoms with Crippen molar-refractivity contribution >= 4 is 34.0 Å². The molecule has 0 bridgehead atoms. The lowest BCUT2D eigenvalue weighted by atomic mass is 9.99. The first-order valence-electron chi connectivity index (χ1n) is 7.20. The Bertz CT molecular complexity index is 966. The summed E-state index contributed by atoms with van der Waals surface area (Å²) in [5, 5.41) is 10.9. The van der Waals surface area contributed by atoms with Gasteiger partial charge in [0.2, 0.25) is 5.13 Å². The zero-order valence-corrected chi connectivity index (χ0v) is 15.2. The maximum atomic E-state index is 13.9. The molecule has 3 rings (SSSR count). The lowest BCUT2D eigenvalue weighted by Crippen LogP contribution is -2.13. The van der Waals surface area contributed by atoms with Gasteiger partial charge in [-0.1, -0.05) is 16.7 Å². The number of rotatable bonds is 5. The average molecular weight is 395 g/mol. The molecule has 1 N–H and O–H groups in total. The first kappa shape index (κ1) is 18.0. The normalized spacial score (nSPS) is 10.5. The van der Waals surface area contributed by atoms with Gasteiger partial charge in [0, 0.05) is 16.7 Å². The van der Waals surface area contributed by atoms with Crippen LogP contribution in [0, 0.1) is 5.82 Å². The number of anilines is 1.